The first-order chi connectivity index (χ1) is 11.6. The zero-order chi connectivity index (χ0) is 16.9. The monoisotopic (exact) mass is 344 g/mol. The van der Waals surface area contributed by atoms with Crippen LogP contribution in [-0.4, -0.2) is 27.7 Å². The third kappa shape index (κ3) is 4.26. The van der Waals surface area contributed by atoms with E-state index in [0.29, 0.717) is 18.1 Å². The Morgan fingerprint density at radius 1 is 1.17 bits per heavy atom. The molecule has 1 fully saturated rings. The molecule has 0 saturated carbocycles. The largest absolute Gasteiger partial charge is 0.455 e. The summed E-state index contributed by atoms with van der Waals surface area (Å²) in [5.41, 5.74) is 0.946. The van der Waals surface area contributed by atoms with E-state index in [1.54, 1.807) is 19.2 Å². The fourth-order valence-electron chi connectivity index (χ4n) is 2.27. The highest BCUT2D eigenvalue weighted by Crippen LogP contribution is 2.21. The Morgan fingerprint density at radius 3 is 2.58 bits per heavy atom. The predicted octanol–water partition coefficient (Wildman–Crippen LogP) is 2.78. The number of benzene rings is 1. The normalized spacial score (nSPS) is 18.1. The molecule has 1 aromatic carbocycles. The number of pyridine rings is 1. The lowest BCUT2D eigenvalue weighted by atomic mass is 10.1. The summed E-state index contributed by atoms with van der Waals surface area (Å²) in [6.45, 7) is 1.78. The Hall–Kier alpha value is -2.54. The van der Waals surface area contributed by atoms with Crippen molar-refractivity contribution in [2.75, 3.05) is 0 Å². The molecule has 0 radical (unpaired) electrons. The molecule has 1 saturated heterocycles. The van der Waals surface area contributed by atoms with Crippen LogP contribution in [0.25, 0.3) is 0 Å². The summed E-state index contributed by atoms with van der Waals surface area (Å²) < 4.78 is 11.2. The van der Waals surface area contributed by atoms with Crippen LogP contribution in [0.1, 0.15) is 12.5 Å². The summed E-state index contributed by atoms with van der Waals surface area (Å²) in [6, 6.07) is 12.3. The average Bonchev–Trinajstić information content (AvgIpc) is 2.87. The number of carbonyl (C=O) groups is 2. The van der Waals surface area contributed by atoms with Gasteiger partial charge in [0.05, 0.1) is 0 Å². The molecule has 1 amide bonds. The van der Waals surface area contributed by atoms with Gasteiger partial charge in [0, 0.05) is 37.4 Å². The van der Waals surface area contributed by atoms with E-state index in [2.05, 4.69) is 10.3 Å². The molecule has 1 aliphatic heterocycles. The molecule has 2 unspecified atom stereocenters. The van der Waals surface area contributed by atoms with Gasteiger partial charge in [0.1, 0.15) is 11.8 Å². The molecule has 7 heteroatoms. The van der Waals surface area contributed by atoms with E-state index in [9.17, 15) is 9.59 Å². The summed E-state index contributed by atoms with van der Waals surface area (Å²) in [5, 5.41) is 2.21. The second-order valence-electron chi connectivity index (χ2n) is 5.22. The summed E-state index contributed by atoms with van der Waals surface area (Å²) in [7, 11) is 0. The van der Waals surface area contributed by atoms with Crippen LogP contribution in [-0.2, 0) is 11.2 Å². The minimum Gasteiger partial charge on any atom is -0.455 e. The molecule has 2 heterocycles. The number of hydrogen-bond donors (Lipinski definition) is 1. The summed E-state index contributed by atoms with van der Waals surface area (Å²) in [5.74, 6) is 1.15. The van der Waals surface area contributed by atoms with E-state index in [-0.39, 0.29) is 10.4 Å². The smallest absolute Gasteiger partial charge is 0.287 e. The predicted molar refractivity (Wildman–Crippen MR) is 90.0 cm³/mol. The van der Waals surface area contributed by atoms with E-state index in [1.807, 2.05) is 36.4 Å². The van der Waals surface area contributed by atoms with E-state index in [4.69, 9.17) is 9.47 Å². The quantitative estimate of drug-likeness (QED) is 0.812. The van der Waals surface area contributed by atoms with Crippen LogP contribution in [0.4, 0.5) is 4.79 Å². The van der Waals surface area contributed by atoms with Gasteiger partial charge in [0.15, 0.2) is 0 Å². The Kier molecular flexibility index (Phi) is 5.00. The topological polar surface area (TPSA) is 77.5 Å². The number of ether oxygens (including phenoxy) is 2. The van der Waals surface area contributed by atoms with Crippen molar-refractivity contribution in [1.29, 1.82) is 0 Å². The fraction of sp³-hybridized carbons (Fsp3) is 0.235. The number of amides is 1. The maximum Gasteiger partial charge on any atom is 0.287 e. The number of nitrogens with one attached hydrogen (secondary N) is 1. The second-order valence-corrected chi connectivity index (χ2v) is 6.20. The highest BCUT2D eigenvalue weighted by Gasteiger charge is 2.31. The molecule has 0 aliphatic carbocycles. The summed E-state index contributed by atoms with van der Waals surface area (Å²) in [4.78, 5) is 26.9. The van der Waals surface area contributed by atoms with Gasteiger partial charge in [-0.2, -0.15) is 0 Å². The van der Waals surface area contributed by atoms with Gasteiger partial charge in [0.25, 0.3) is 5.24 Å². The van der Waals surface area contributed by atoms with Crippen LogP contribution in [0, 0.1) is 0 Å². The SMILES string of the molecule is CC(Oc1ccc(CC2NC(=O)SC2=O)cc1)Oc1ccccn1. The van der Waals surface area contributed by atoms with Crippen LogP contribution >= 0.6 is 11.8 Å². The Morgan fingerprint density at radius 2 is 1.96 bits per heavy atom. The van der Waals surface area contributed by atoms with Crippen LogP contribution in [0.3, 0.4) is 0 Å². The van der Waals surface area contributed by atoms with Crippen molar-refractivity contribution in [2.45, 2.75) is 25.7 Å². The minimum atomic E-state index is -0.488. The maximum absolute atomic E-state index is 11.6. The highest BCUT2D eigenvalue weighted by molar-refractivity contribution is 8.26. The van der Waals surface area contributed by atoms with Crippen LogP contribution < -0.4 is 14.8 Å². The first-order valence-corrected chi connectivity index (χ1v) is 8.27. The van der Waals surface area contributed by atoms with E-state index < -0.39 is 12.3 Å². The Balaban J connectivity index is 1.54. The number of carbonyl (C=O) groups excluding carboxylic acids is 2. The van der Waals surface area contributed by atoms with Crippen molar-refractivity contribution < 1.29 is 19.1 Å². The zero-order valence-electron chi connectivity index (χ0n) is 13.0. The molecule has 2 aromatic rings. The molecule has 0 bridgehead atoms. The van der Waals surface area contributed by atoms with Crippen LogP contribution in [0.2, 0.25) is 0 Å². The lowest BCUT2D eigenvalue weighted by molar-refractivity contribution is -0.112. The maximum atomic E-state index is 11.6. The van der Waals surface area contributed by atoms with Gasteiger partial charge >= 0.3 is 0 Å². The van der Waals surface area contributed by atoms with Crippen molar-refractivity contribution in [2.24, 2.45) is 0 Å². The van der Waals surface area contributed by atoms with Crippen LogP contribution in [0.15, 0.2) is 48.7 Å². The van der Waals surface area contributed by atoms with Crippen molar-refractivity contribution in [3.05, 3.63) is 54.2 Å². The number of thioether (sulfide) groups is 1. The molecule has 0 spiro atoms. The fourth-order valence-corrected chi connectivity index (χ4v) is 2.94. The van der Waals surface area contributed by atoms with Gasteiger partial charge in [-0.1, -0.05) is 18.2 Å². The van der Waals surface area contributed by atoms with Gasteiger partial charge in [-0.05, 0) is 23.8 Å². The molecule has 1 aliphatic rings. The van der Waals surface area contributed by atoms with Gasteiger partial charge in [-0.25, -0.2) is 4.98 Å². The second kappa shape index (κ2) is 7.35. The van der Waals surface area contributed by atoms with Gasteiger partial charge in [0.2, 0.25) is 17.3 Å². The molecule has 6 nitrogen and oxygen atoms in total. The zero-order valence-corrected chi connectivity index (χ0v) is 13.8. The first-order valence-electron chi connectivity index (χ1n) is 7.45. The van der Waals surface area contributed by atoms with E-state index >= 15 is 0 Å². The average molecular weight is 344 g/mol. The van der Waals surface area contributed by atoms with Crippen molar-refractivity contribution in [3.63, 3.8) is 0 Å². The first kappa shape index (κ1) is 16.3. The minimum absolute atomic E-state index is 0.141. The van der Waals surface area contributed by atoms with Crippen molar-refractivity contribution in [1.82, 2.24) is 10.3 Å². The Labute approximate surface area is 143 Å². The number of rotatable bonds is 6. The molecular formula is C17H16N2O4S. The van der Waals surface area contributed by atoms with Crippen molar-refractivity contribution >= 4 is 22.1 Å². The molecule has 1 aromatic heterocycles. The van der Waals surface area contributed by atoms with Gasteiger partial charge < -0.3 is 14.8 Å². The molecule has 2 atom stereocenters. The lowest BCUT2D eigenvalue weighted by Gasteiger charge is -2.16. The third-order valence-corrected chi connectivity index (χ3v) is 4.15. The lowest BCUT2D eigenvalue weighted by Crippen LogP contribution is -2.30. The third-order valence-electron chi connectivity index (χ3n) is 3.36. The number of aromatic nitrogens is 1. The Bertz CT molecular complexity index is 721. The molecule has 124 valence electrons. The summed E-state index contributed by atoms with van der Waals surface area (Å²) >= 11 is 0.724. The van der Waals surface area contributed by atoms with Crippen molar-refractivity contribution in [3.8, 4) is 11.6 Å². The summed E-state index contributed by atoms with van der Waals surface area (Å²) in [6.07, 6.45) is 1.63. The highest BCUT2D eigenvalue weighted by atomic mass is 32.2. The molecule has 24 heavy (non-hydrogen) atoms. The molecule has 3 rings (SSSR count). The van der Waals surface area contributed by atoms with E-state index in [0.717, 1.165) is 17.3 Å². The standard InChI is InChI=1S/C17H16N2O4S/c1-11(23-15-4-2-3-9-18-15)22-13-7-5-12(6-8-13)10-14-16(20)24-17(21)19-14/h2-9,11,14H,10H2,1H3,(H,19,21). The molecule has 1 N–H and O–H groups in total. The number of hydrogen-bond acceptors (Lipinski definition) is 6. The van der Waals surface area contributed by atoms with Gasteiger partial charge in [-0.15, -0.1) is 0 Å². The number of nitrogens with zero attached hydrogens (tertiary/aromatic N) is 1. The molecular weight excluding hydrogens is 328 g/mol. The van der Waals surface area contributed by atoms with Gasteiger partial charge in [-0.3, -0.25) is 9.59 Å². The van der Waals surface area contributed by atoms with E-state index in [1.165, 1.54) is 0 Å². The van der Waals surface area contributed by atoms with Crippen LogP contribution in [0.5, 0.6) is 11.6 Å².